The molecule has 0 unspecified atom stereocenters. The first-order chi connectivity index (χ1) is 24.8. The van der Waals surface area contributed by atoms with Gasteiger partial charge in [-0.2, -0.15) is 0 Å². The average molecular weight is 669 g/mol. The summed E-state index contributed by atoms with van der Waals surface area (Å²) in [5.74, 6) is 0. The van der Waals surface area contributed by atoms with Crippen LogP contribution in [-0.4, -0.2) is 0 Å². The minimum absolute atomic E-state index is 1.25. The van der Waals surface area contributed by atoms with Crippen LogP contribution in [0.5, 0.6) is 0 Å². The molecule has 0 aliphatic heterocycles. The van der Waals surface area contributed by atoms with E-state index in [0.29, 0.717) is 0 Å². The zero-order valence-corrected chi connectivity index (χ0v) is 28.6. The van der Waals surface area contributed by atoms with Crippen LogP contribution in [0.4, 0.5) is 0 Å². The maximum absolute atomic E-state index is 2.50. The standard InChI is InChI=1S/C48H28S2/c1-2-14-31-26-32(25-24-29(31)12-1)44-35-17-5-7-19-37(35)45(38-20-8-6-18-36(38)44)40-27-43-46(39-21-9-10-23-42(39)50-43)47-41(28-49-48(40)47)34-22-11-15-30-13-3-4-16-33(30)34/h1-28H. The molecule has 0 nitrogen and oxygen atoms in total. The van der Waals surface area contributed by atoms with Gasteiger partial charge in [0, 0.05) is 41.4 Å². The lowest BCUT2D eigenvalue weighted by Gasteiger charge is -2.19. The van der Waals surface area contributed by atoms with E-state index in [4.69, 9.17) is 0 Å². The molecule has 2 aromatic heterocycles. The van der Waals surface area contributed by atoms with E-state index in [1.54, 1.807) is 0 Å². The predicted octanol–water partition coefficient (Wildman–Crippen LogP) is 14.9. The van der Waals surface area contributed by atoms with Crippen LogP contribution in [-0.2, 0) is 0 Å². The number of fused-ring (bicyclic) bond motifs is 9. The Morgan fingerprint density at radius 2 is 0.940 bits per heavy atom. The molecular formula is C48H28S2. The first-order valence-electron chi connectivity index (χ1n) is 17.1. The number of thiophene rings is 2. The van der Waals surface area contributed by atoms with E-state index in [9.17, 15) is 0 Å². The van der Waals surface area contributed by atoms with E-state index in [2.05, 4.69) is 169 Å². The molecule has 0 N–H and O–H groups in total. The van der Waals surface area contributed by atoms with Gasteiger partial charge < -0.3 is 0 Å². The van der Waals surface area contributed by atoms with Gasteiger partial charge in [0.05, 0.1) is 0 Å². The zero-order valence-electron chi connectivity index (χ0n) is 27.0. The van der Waals surface area contributed by atoms with Crippen LogP contribution in [0.1, 0.15) is 0 Å². The third-order valence-corrected chi connectivity index (χ3v) is 12.6. The van der Waals surface area contributed by atoms with Crippen molar-refractivity contribution in [2.24, 2.45) is 0 Å². The molecule has 0 amide bonds. The molecular weight excluding hydrogens is 641 g/mol. The molecule has 2 heteroatoms. The van der Waals surface area contributed by atoms with E-state index in [0.717, 1.165) is 0 Å². The molecule has 0 spiro atoms. The largest absolute Gasteiger partial charge is 0.142 e. The second kappa shape index (κ2) is 10.9. The minimum atomic E-state index is 1.25. The van der Waals surface area contributed by atoms with E-state index in [1.165, 1.54) is 107 Å². The first kappa shape index (κ1) is 28.1. The normalized spacial score (nSPS) is 12.0. The lowest BCUT2D eigenvalue weighted by molar-refractivity contribution is 1.69. The minimum Gasteiger partial charge on any atom is -0.142 e. The van der Waals surface area contributed by atoms with Crippen LogP contribution < -0.4 is 0 Å². The fraction of sp³-hybridized carbons (Fsp3) is 0. The van der Waals surface area contributed by atoms with E-state index < -0.39 is 0 Å². The van der Waals surface area contributed by atoms with Gasteiger partial charge in [0.15, 0.2) is 0 Å². The lowest BCUT2D eigenvalue weighted by Crippen LogP contribution is -1.91. The van der Waals surface area contributed by atoms with Crippen LogP contribution in [0, 0.1) is 0 Å². The monoisotopic (exact) mass is 668 g/mol. The van der Waals surface area contributed by atoms with Crippen LogP contribution in [0.25, 0.3) is 107 Å². The summed E-state index contributed by atoms with van der Waals surface area (Å²) in [6, 6.07) is 60.7. The third kappa shape index (κ3) is 4.04. The maximum atomic E-state index is 2.50. The van der Waals surface area contributed by atoms with Gasteiger partial charge in [0.1, 0.15) is 0 Å². The van der Waals surface area contributed by atoms with Crippen molar-refractivity contribution >= 4 is 96.0 Å². The number of rotatable bonds is 3. The molecule has 9 aromatic carbocycles. The number of hydrogen-bond donors (Lipinski definition) is 0. The quantitative estimate of drug-likeness (QED) is 0.164. The lowest BCUT2D eigenvalue weighted by atomic mass is 9.85. The Labute approximate surface area is 297 Å². The zero-order chi connectivity index (χ0) is 32.8. The topological polar surface area (TPSA) is 0 Å². The number of hydrogen-bond acceptors (Lipinski definition) is 2. The molecule has 0 radical (unpaired) electrons. The Kier molecular flexibility index (Phi) is 6.09. The Hall–Kier alpha value is -5.80. The molecule has 0 aliphatic carbocycles. The molecule has 11 rings (SSSR count). The van der Waals surface area contributed by atoms with Crippen molar-refractivity contribution in [3.63, 3.8) is 0 Å². The van der Waals surface area contributed by atoms with Crippen LogP contribution in [0.3, 0.4) is 0 Å². The summed E-state index contributed by atoms with van der Waals surface area (Å²) < 4.78 is 4.01. The Morgan fingerprint density at radius 3 is 1.70 bits per heavy atom. The number of benzene rings is 9. The molecule has 0 aliphatic rings. The summed E-state index contributed by atoms with van der Waals surface area (Å²) in [5.41, 5.74) is 7.79. The van der Waals surface area contributed by atoms with E-state index in [1.807, 2.05) is 22.7 Å². The Balaban J connectivity index is 1.30. The summed E-state index contributed by atoms with van der Waals surface area (Å²) >= 11 is 3.80. The van der Waals surface area contributed by atoms with Crippen LogP contribution in [0.2, 0.25) is 0 Å². The Morgan fingerprint density at radius 1 is 0.340 bits per heavy atom. The highest BCUT2D eigenvalue weighted by atomic mass is 32.1. The predicted molar refractivity (Wildman–Crippen MR) is 221 cm³/mol. The summed E-state index contributed by atoms with van der Waals surface area (Å²) in [4.78, 5) is 0. The molecule has 11 aromatic rings. The SMILES string of the molecule is c1ccc2cc(-c3c4ccccc4c(-c4cc5sc6ccccc6c5c5c(-c6cccc7ccccc67)csc45)c4ccccc34)ccc2c1. The maximum Gasteiger partial charge on any atom is 0.0435 e. The summed E-state index contributed by atoms with van der Waals surface area (Å²) in [6.45, 7) is 0. The van der Waals surface area contributed by atoms with Gasteiger partial charge in [0.2, 0.25) is 0 Å². The second-order valence-corrected chi connectivity index (χ2v) is 15.1. The molecule has 0 saturated heterocycles. The van der Waals surface area contributed by atoms with Gasteiger partial charge in [-0.15, -0.1) is 22.7 Å². The van der Waals surface area contributed by atoms with Crippen molar-refractivity contribution in [3.8, 4) is 33.4 Å². The van der Waals surface area contributed by atoms with Crippen molar-refractivity contribution in [3.05, 3.63) is 169 Å². The van der Waals surface area contributed by atoms with Crippen molar-refractivity contribution in [1.29, 1.82) is 0 Å². The Bertz CT molecular complexity index is 3090. The van der Waals surface area contributed by atoms with Gasteiger partial charge in [-0.25, -0.2) is 0 Å². The highest BCUT2D eigenvalue weighted by Gasteiger charge is 2.23. The van der Waals surface area contributed by atoms with Crippen molar-refractivity contribution in [2.45, 2.75) is 0 Å². The third-order valence-electron chi connectivity index (χ3n) is 10.5. The molecule has 50 heavy (non-hydrogen) atoms. The summed E-state index contributed by atoms with van der Waals surface area (Å²) in [6.07, 6.45) is 0. The molecule has 0 bridgehead atoms. The second-order valence-electron chi connectivity index (χ2n) is 13.2. The van der Waals surface area contributed by atoms with Gasteiger partial charge in [0.25, 0.3) is 0 Å². The fourth-order valence-electron chi connectivity index (χ4n) is 8.34. The highest BCUT2D eigenvalue weighted by molar-refractivity contribution is 7.26. The van der Waals surface area contributed by atoms with Gasteiger partial charge in [-0.05, 0) is 88.9 Å². The van der Waals surface area contributed by atoms with E-state index >= 15 is 0 Å². The summed E-state index contributed by atoms with van der Waals surface area (Å²) in [7, 11) is 0. The molecule has 0 fully saturated rings. The van der Waals surface area contributed by atoms with Crippen LogP contribution >= 0.6 is 22.7 Å². The van der Waals surface area contributed by atoms with E-state index in [-0.39, 0.29) is 0 Å². The highest BCUT2D eigenvalue weighted by Crippen LogP contribution is 2.52. The summed E-state index contributed by atoms with van der Waals surface area (Å²) in [5, 5.41) is 16.7. The first-order valence-corrected chi connectivity index (χ1v) is 18.8. The van der Waals surface area contributed by atoms with Crippen molar-refractivity contribution in [1.82, 2.24) is 0 Å². The van der Waals surface area contributed by atoms with Gasteiger partial charge in [-0.3, -0.25) is 0 Å². The van der Waals surface area contributed by atoms with Crippen molar-refractivity contribution < 1.29 is 0 Å². The van der Waals surface area contributed by atoms with Crippen molar-refractivity contribution in [2.75, 3.05) is 0 Å². The van der Waals surface area contributed by atoms with Gasteiger partial charge >= 0.3 is 0 Å². The molecule has 0 saturated carbocycles. The fourth-order valence-corrected chi connectivity index (χ4v) is 10.6. The van der Waals surface area contributed by atoms with Gasteiger partial charge in [-0.1, -0.05) is 146 Å². The molecule has 232 valence electrons. The van der Waals surface area contributed by atoms with Crippen LogP contribution in [0.15, 0.2) is 169 Å². The molecule has 2 heterocycles. The smallest absolute Gasteiger partial charge is 0.0435 e. The molecule has 0 atom stereocenters. The average Bonchev–Trinajstić information content (AvgIpc) is 3.78.